The molecule has 0 bridgehead atoms. The van der Waals surface area contributed by atoms with Gasteiger partial charge < -0.3 is 15.5 Å². The lowest BCUT2D eigenvalue weighted by atomic mass is 9.86. The number of amides is 1. The molecule has 10 heteroatoms. The second-order valence-corrected chi connectivity index (χ2v) is 8.88. The fourth-order valence-corrected chi connectivity index (χ4v) is 4.81. The van der Waals surface area contributed by atoms with E-state index >= 15 is 0 Å². The molecule has 2 N–H and O–H groups in total. The molecule has 182 valence electrons. The maximum atomic E-state index is 14.4. The zero-order valence-corrected chi connectivity index (χ0v) is 19.3. The Morgan fingerprint density at radius 3 is 2.35 bits per heavy atom. The van der Waals surface area contributed by atoms with Crippen LogP contribution in [0, 0.1) is 23.5 Å². The van der Waals surface area contributed by atoms with Gasteiger partial charge in [0.1, 0.15) is 18.7 Å². The number of nitrogens with two attached hydrogens (primary N) is 1. The van der Waals surface area contributed by atoms with Crippen molar-refractivity contribution in [3.63, 3.8) is 0 Å². The molecular weight excluding hydrogens is 442 g/mol. The van der Waals surface area contributed by atoms with Crippen molar-refractivity contribution in [2.75, 3.05) is 39.0 Å². The molecule has 0 atom stereocenters. The highest BCUT2D eigenvalue weighted by Crippen LogP contribution is 2.28. The van der Waals surface area contributed by atoms with E-state index in [2.05, 4.69) is 20.0 Å². The molecular formula is C24H30F2N6O2. The lowest BCUT2D eigenvalue weighted by molar-refractivity contribution is -0.138. The quantitative estimate of drug-likeness (QED) is 0.513. The summed E-state index contributed by atoms with van der Waals surface area (Å²) < 4.78 is 27.7. The predicted octanol–water partition coefficient (Wildman–Crippen LogP) is 2.84. The fraction of sp³-hybridized carbons (Fsp3) is 0.500. The minimum atomic E-state index is -0.661. The SMILES string of the molecule is CON=C(c1ccc(F)cc1F)C1CCN(C(=O)C2CCN(Cc3cnc(N)nc3)CC2)CC1. The number of aromatic nitrogens is 2. The maximum absolute atomic E-state index is 14.4. The first kappa shape index (κ1) is 24.0. The molecule has 1 aromatic heterocycles. The van der Waals surface area contributed by atoms with E-state index in [-0.39, 0.29) is 29.3 Å². The summed E-state index contributed by atoms with van der Waals surface area (Å²) in [4.78, 5) is 30.4. The molecule has 1 amide bonds. The van der Waals surface area contributed by atoms with Gasteiger partial charge in [0.25, 0.3) is 0 Å². The summed E-state index contributed by atoms with van der Waals surface area (Å²) in [6.45, 7) is 3.59. The van der Waals surface area contributed by atoms with Crippen molar-refractivity contribution in [1.29, 1.82) is 0 Å². The molecule has 1 aromatic carbocycles. The number of carbonyl (C=O) groups excluding carboxylic acids is 1. The van der Waals surface area contributed by atoms with Gasteiger partial charge in [-0.3, -0.25) is 9.69 Å². The van der Waals surface area contributed by atoms with Crippen LogP contribution in [0.2, 0.25) is 0 Å². The molecule has 2 fully saturated rings. The Hall–Kier alpha value is -3.14. The first-order valence-corrected chi connectivity index (χ1v) is 11.6. The largest absolute Gasteiger partial charge is 0.399 e. The highest BCUT2D eigenvalue weighted by molar-refractivity contribution is 6.02. The Balaban J connectivity index is 1.29. The molecule has 0 aliphatic carbocycles. The third kappa shape index (κ3) is 5.67. The van der Waals surface area contributed by atoms with Gasteiger partial charge in [0, 0.05) is 61.1 Å². The minimum absolute atomic E-state index is 0.0112. The van der Waals surface area contributed by atoms with Gasteiger partial charge in [-0.1, -0.05) is 5.16 Å². The highest BCUT2D eigenvalue weighted by Gasteiger charge is 2.33. The standard InChI is InChI=1S/C24H30F2N6O2/c1-34-30-22(20-3-2-19(25)12-21(20)26)17-6-10-32(11-7-17)23(33)18-4-8-31(9-5-18)15-16-13-28-24(27)29-14-16/h2-3,12-14,17-18H,4-11,15H2,1H3,(H2,27,28,29). The number of anilines is 1. The van der Waals surface area contributed by atoms with E-state index in [1.54, 1.807) is 12.4 Å². The van der Waals surface area contributed by atoms with Crippen LogP contribution in [0.15, 0.2) is 35.7 Å². The molecule has 2 saturated heterocycles. The predicted molar refractivity (Wildman–Crippen MR) is 124 cm³/mol. The molecule has 2 aliphatic rings. The second kappa shape index (κ2) is 10.9. The Bertz CT molecular complexity index is 1020. The van der Waals surface area contributed by atoms with Crippen LogP contribution in [0.1, 0.15) is 36.8 Å². The number of nitrogen functional groups attached to an aromatic ring is 1. The van der Waals surface area contributed by atoms with Gasteiger partial charge in [-0.15, -0.1) is 0 Å². The third-order valence-corrected chi connectivity index (χ3v) is 6.66. The summed E-state index contributed by atoms with van der Waals surface area (Å²) in [5.74, 6) is -0.893. The molecule has 2 aromatic rings. The zero-order valence-electron chi connectivity index (χ0n) is 19.3. The second-order valence-electron chi connectivity index (χ2n) is 8.88. The number of rotatable bonds is 6. The van der Waals surface area contributed by atoms with Crippen molar-refractivity contribution in [3.05, 3.63) is 53.4 Å². The van der Waals surface area contributed by atoms with Crippen LogP contribution in [0.5, 0.6) is 0 Å². The molecule has 3 heterocycles. The summed E-state index contributed by atoms with van der Waals surface area (Å²) in [5.41, 5.74) is 7.26. The van der Waals surface area contributed by atoms with Gasteiger partial charge in [-0.2, -0.15) is 0 Å². The first-order chi connectivity index (χ1) is 16.4. The number of nitrogens with zero attached hydrogens (tertiary/aromatic N) is 5. The van der Waals surface area contributed by atoms with Gasteiger partial charge in [0.2, 0.25) is 11.9 Å². The van der Waals surface area contributed by atoms with Crippen molar-refractivity contribution in [2.45, 2.75) is 32.2 Å². The van der Waals surface area contributed by atoms with E-state index in [1.807, 2.05) is 4.90 Å². The average molecular weight is 473 g/mol. The Morgan fingerprint density at radius 1 is 1.09 bits per heavy atom. The van der Waals surface area contributed by atoms with Gasteiger partial charge in [-0.05, 0) is 50.9 Å². The van der Waals surface area contributed by atoms with Crippen molar-refractivity contribution in [1.82, 2.24) is 19.8 Å². The lowest BCUT2D eigenvalue weighted by Crippen LogP contribution is -2.46. The van der Waals surface area contributed by atoms with Crippen LogP contribution in [0.4, 0.5) is 14.7 Å². The van der Waals surface area contributed by atoms with Crippen LogP contribution in [-0.2, 0) is 16.2 Å². The normalized spacial score (nSPS) is 18.8. The monoisotopic (exact) mass is 472 g/mol. The smallest absolute Gasteiger partial charge is 0.225 e. The van der Waals surface area contributed by atoms with Gasteiger partial charge in [0.15, 0.2) is 0 Å². The fourth-order valence-electron chi connectivity index (χ4n) is 4.81. The summed E-state index contributed by atoms with van der Waals surface area (Å²) in [6, 6.07) is 3.46. The summed E-state index contributed by atoms with van der Waals surface area (Å²) in [7, 11) is 1.41. The van der Waals surface area contributed by atoms with E-state index in [9.17, 15) is 13.6 Å². The molecule has 0 radical (unpaired) electrons. The number of hydrogen-bond acceptors (Lipinski definition) is 7. The van der Waals surface area contributed by atoms with E-state index in [0.717, 1.165) is 44.1 Å². The highest BCUT2D eigenvalue weighted by atomic mass is 19.1. The maximum Gasteiger partial charge on any atom is 0.225 e. The van der Waals surface area contributed by atoms with E-state index in [4.69, 9.17) is 10.6 Å². The first-order valence-electron chi connectivity index (χ1n) is 11.6. The molecule has 0 unspecified atom stereocenters. The Labute approximate surface area is 197 Å². The van der Waals surface area contributed by atoms with Gasteiger partial charge in [0.05, 0.1) is 5.71 Å². The number of likely N-dealkylation sites (tertiary alicyclic amines) is 2. The number of piperidine rings is 2. The van der Waals surface area contributed by atoms with Crippen molar-refractivity contribution in [3.8, 4) is 0 Å². The van der Waals surface area contributed by atoms with Crippen molar-refractivity contribution >= 4 is 17.6 Å². The summed E-state index contributed by atoms with van der Waals surface area (Å²) in [6.07, 6.45) is 6.41. The van der Waals surface area contributed by atoms with Crippen LogP contribution in [0.25, 0.3) is 0 Å². The number of benzene rings is 1. The Morgan fingerprint density at radius 2 is 1.74 bits per heavy atom. The number of carbonyl (C=O) groups is 1. The van der Waals surface area contributed by atoms with E-state index in [0.29, 0.717) is 31.6 Å². The van der Waals surface area contributed by atoms with Crippen molar-refractivity contribution < 1.29 is 18.4 Å². The summed E-state index contributed by atoms with van der Waals surface area (Å²) in [5, 5.41) is 4.05. The molecule has 0 spiro atoms. The number of hydrogen-bond donors (Lipinski definition) is 1. The number of oxime groups is 1. The van der Waals surface area contributed by atoms with E-state index < -0.39 is 11.6 Å². The van der Waals surface area contributed by atoms with Crippen LogP contribution < -0.4 is 5.73 Å². The van der Waals surface area contributed by atoms with Crippen LogP contribution in [0.3, 0.4) is 0 Å². The lowest BCUT2D eigenvalue weighted by Gasteiger charge is -2.37. The molecule has 4 rings (SSSR count). The molecule has 8 nitrogen and oxygen atoms in total. The topological polar surface area (TPSA) is 96.9 Å². The zero-order chi connectivity index (χ0) is 24.1. The Kier molecular flexibility index (Phi) is 7.66. The molecule has 2 aliphatic heterocycles. The third-order valence-electron chi connectivity index (χ3n) is 6.66. The van der Waals surface area contributed by atoms with Crippen LogP contribution in [-0.4, -0.2) is 64.7 Å². The van der Waals surface area contributed by atoms with Gasteiger partial charge in [-0.25, -0.2) is 18.7 Å². The van der Waals surface area contributed by atoms with E-state index in [1.165, 1.54) is 19.2 Å². The average Bonchev–Trinajstić information content (AvgIpc) is 2.85. The minimum Gasteiger partial charge on any atom is -0.399 e. The molecule has 34 heavy (non-hydrogen) atoms. The number of halogens is 2. The van der Waals surface area contributed by atoms with Crippen LogP contribution >= 0.6 is 0 Å². The van der Waals surface area contributed by atoms with Gasteiger partial charge >= 0.3 is 0 Å². The summed E-state index contributed by atoms with van der Waals surface area (Å²) >= 11 is 0. The molecule has 0 saturated carbocycles. The van der Waals surface area contributed by atoms with Crippen molar-refractivity contribution in [2.24, 2.45) is 17.0 Å².